The summed E-state index contributed by atoms with van der Waals surface area (Å²) in [6.07, 6.45) is 0. The molecule has 23 heavy (non-hydrogen) atoms. The van der Waals surface area contributed by atoms with Crippen molar-refractivity contribution in [3.63, 3.8) is 0 Å². The van der Waals surface area contributed by atoms with E-state index in [-0.39, 0.29) is 28.2 Å². The third kappa shape index (κ3) is 2.01. The molecule has 2 aromatic heterocycles. The molecule has 0 saturated heterocycles. The number of H-pyrrole nitrogens is 1. The number of aryl methyl sites for hydroxylation is 1. The molecule has 9 nitrogen and oxygen atoms in total. The van der Waals surface area contributed by atoms with E-state index in [9.17, 15) is 24.8 Å². The number of rotatable bonds is 2. The minimum atomic E-state index is -0.588. The zero-order valence-corrected chi connectivity index (χ0v) is 12.2. The Balaban J connectivity index is 2.39. The summed E-state index contributed by atoms with van der Waals surface area (Å²) in [5, 5.41) is 21.3. The van der Waals surface area contributed by atoms with Crippen LogP contribution in [0.3, 0.4) is 0 Å². The molecule has 0 amide bonds. The second-order valence-corrected chi connectivity index (χ2v) is 5.09. The average Bonchev–Trinajstić information content (AvgIpc) is 2.88. The van der Waals surface area contributed by atoms with E-state index in [1.807, 2.05) is 0 Å². The topological polar surface area (TPSA) is 123 Å². The lowest BCUT2D eigenvalue weighted by Gasteiger charge is -2.03. The Bertz CT molecular complexity index is 1070. The molecule has 1 aromatic carbocycles. The largest absolute Gasteiger partial charge is 0.504 e. The molecule has 0 saturated carbocycles. The molecule has 9 heteroatoms. The van der Waals surface area contributed by atoms with Crippen molar-refractivity contribution in [1.29, 1.82) is 0 Å². The molecule has 118 valence electrons. The molecular formula is C14H12N4O5. The van der Waals surface area contributed by atoms with Gasteiger partial charge in [-0.1, -0.05) is 12.1 Å². The first-order chi connectivity index (χ1) is 10.8. The predicted molar refractivity (Wildman–Crippen MR) is 82.5 cm³/mol. The second kappa shape index (κ2) is 4.83. The van der Waals surface area contributed by atoms with Crippen molar-refractivity contribution in [3.05, 3.63) is 55.2 Å². The van der Waals surface area contributed by atoms with E-state index in [0.29, 0.717) is 5.56 Å². The lowest BCUT2D eigenvalue weighted by Crippen LogP contribution is -2.36. The van der Waals surface area contributed by atoms with Crippen molar-refractivity contribution in [3.8, 4) is 17.0 Å². The van der Waals surface area contributed by atoms with Gasteiger partial charge >= 0.3 is 5.69 Å². The number of aromatic amines is 1. The highest BCUT2D eigenvalue weighted by molar-refractivity contribution is 5.91. The molecule has 3 rings (SSSR count). The predicted octanol–water partition coefficient (Wildman–Crippen LogP) is 0.846. The van der Waals surface area contributed by atoms with E-state index in [1.165, 1.54) is 32.3 Å². The first-order valence-electron chi connectivity index (χ1n) is 6.58. The van der Waals surface area contributed by atoms with Gasteiger partial charge in [0.15, 0.2) is 5.75 Å². The molecule has 0 fully saturated rings. The van der Waals surface area contributed by atoms with Gasteiger partial charge in [0, 0.05) is 31.8 Å². The molecule has 2 heterocycles. The van der Waals surface area contributed by atoms with Crippen LogP contribution in [-0.2, 0) is 14.1 Å². The molecule has 0 aliphatic carbocycles. The molecule has 0 radical (unpaired) electrons. The SMILES string of the molecule is Cn1c(=O)c2[nH]c(-c3cccc([N+](=O)[O-])c3)c(O)c2n(C)c1=O. The van der Waals surface area contributed by atoms with Crippen molar-refractivity contribution in [1.82, 2.24) is 14.1 Å². The number of aromatic nitrogens is 3. The van der Waals surface area contributed by atoms with Gasteiger partial charge in [-0.05, 0) is 0 Å². The van der Waals surface area contributed by atoms with Crippen molar-refractivity contribution in [2.45, 2.75) is 0 Å². The van der Waals surface area contributed by atoms with E-state index < -0.39 is 16.2 Å². The molecule has 0 aliphatic rings. The van der Waals surface area contributed by atoms with Crippen LogP contribution in [0.25, 0.3) is 22.3 Å². The maximum Gasteiger partial charge on any atom is 0.331 e. The summed E-state index contributed by atoms with van der Waals surface area (Å²) in [5.41, 5.74) is -0.738. The normalized spacial score (nSPS) is 11.0. The number of hydrogen-bond donors (Lipinski definition) is 2. The van der Waals surface area contributed by atoms with Gasteiger partial charge in [0.2, 0.25) is 0 Å². The number of non-ortho nitro benzene ring substituents is 1. The molecule has 0 atom stereocenters. The van der Waals surface area contributed by atoms with Crippen LogP contribution < -0.4 is 11.2 Å². The van der Waals surface area contributed by atoms with Gasteiger partial charge in [0.25, 0.3) is 11.2 Å². The van der Waals surface area contributed by atoms with Gasteiger partial charge in [-0.25, -0.2) is 4.79 Å². The lowest BCUT2D eigenvalue weighted by atomic mass is 10.1. The smallest absolute Gasteiger partial charge is 0.331 e. The Morgan fingerprint density at radius 1 is 1.22 bits per heavy atom. The van der Waals surface area contributed by atoms with Gasteiger partial charge in [-0.15, -0.1) is 0 Å². The number of fused-ring (bicyclic) bond motifs is 1. The quantitative estimate of drug-likeness (QED) is 0.536. The number of aromatic hydroxyl groups is 1. The minimum Gasteiger partial charge on any atom is -0.504 e. The second-order valence-electron chi connectivity index (χ2n) is 5.09. The van der Waals surface area contributed by atoms with E-state index in [0.717, 1.165) is 9.13 Å². The number of benzene rings is 1. The van der Waals surface area contributed by atoms with E-state index in [4.69, 9.17) is 0 Å². The zero-order chi connectivity index (χ0) is 16.9. The highest BCUT2D eigenvalue weighted by Crippen LogP contribution is 2.35. The van der Waals surface area contributed by atoms with Crippen molar-refractivity contribution in [2.24, 2.45) is 14.1 Å². The fourth-order valence-electron chi connectivity index (χ4n) is 2.52. The highest BCUT2D eigenvalue weighted by Gasteiger charge is 2.20. The van der Waals surface area contributed by atoms with Crippen LogP contribution in [0.2, 0.25) is 0 Å². The number of hydrogen-bond acceptors (Lipinski definition) is 5. The number of nitro groups is 1. The summed E-state index contributed by atoms with van der Waals surface area (Å²) in [5.74, 6) is -0.308. The molecule has 0 bridgehead atoms. The molecular weight excluding hydrogens is 304 g/mol. The standard InChI is InChI=1S/C14H12N4O5/c1-16-11-10(13(20)17(2)14(16)21)15-9(12(11)19)7-4-3-5-8(6-7)18(22)23/h3-6,15,19H,1-2H3. The molecule has 2 N–H and O–H groups in total. The Kier molecular flexibility index (Phi) is 3.06. The Morgan fingerprint density at radius 2 is 1.91 bits per heavy atom. The Labute approximate surface area is 128 Å². The van der Waals surface area contributed by atoms with Gasteiger partial charge in [0.05, 0.1) is 10.6 Å². The minimum absolute atomic E-state index is 0.0496. The molecule has 0 aliphatic heterocycles. The number of nitrogens with one attached hydrogen (secondary N) is 1. The zero-order valence-electron chi connectivity index (χ0n) is 12.2. The van der Waals surface area contributed by atoms with Crippen LogP contribution in [0.15, 0.2) is 33.9 Å². The third-order valence-electron chi connectivity index (χ3n) is 3.72. The summed E-state index contributed by atoms with van der Waals surface area (Å²) in [7, 11) is 2.75. The first-order valence-corrected chi connectivity index (χ1v) is 6.58. The molecule has 0 unspecified atom stereocenters. The maximum atomic E-state index is 12.2. The van der Waals surface area contributed by atoms with Gasteiger partial charge in [-0.2, -0.15) is 0 Å². The summed E-state index contributed by atoms with van der Waals surface area (Å²) in [4.78, 5) is 37.2. The van der Waals surface area contributed by atoms with Crippen LogP contribution in [0.1, 0.15) is 0 Å². The lowest BCUT2D eigenvalue weighted by molar-refractivity contribution is -0.384. The average molecular weight is 316 g/mol. The maximum absolute atomic E-state index is 12.2. The first kappa shape index (κ1) is 14.6. The van der Waals surface area contributed by atoms with Crippen molar-refractivity contribution in [2.75, 3.05) is 0 Å². The molecule has 0 spiro atoms. The summed E-state index contributed by atoms with van der Waals surface area (Å²) in [6.45, 7) is 0. The van der Waals surface area contributed by atoms with Gasteiger partial charge in [-0.3, -0.25) is 24.0 Å². The fourth-order valence-corrected chi connectivity index (χ4v) is 2.52. The third-order valence-corrected chi connectivity index (χ3v) is 3.72. The fraction of sp³-hybridized carbons (Fsp3) is 0.143. The van der Waals surface area contributed by atoms with Crippen LogP contribution in [0.5, 0.6) is 5.75 Å². The Hall–Kier alpha value is -3.36. The summed E-state index contributed by atoms with van der Waals surface area (Å²) in [6, 6.07) is 5.61. The summed E-state index contributed by atoms with van der Waals surface area (Å²) >= 11 is 0. The Morgan fingerprint density at radius 3 is 2.57 bits per heavy atom. The van der Waals surface area contributed by atoms with Gasteiger partial charge in [0.1, 0.15) is 11.0 Å². The highest BCUT2D eigenvalue weighted by atomic mass is 16.6. The van der Waals surface area contributed by atoms with Crippen molar-refractivity contribution >= 4 is 16.7 Å². The number of nitrogens with zero attached hydrogens (tertiary/aromatic N) is 3. The van der Waals surface area contributed by atoms with Crippen LogP contribution in [0, 0.1) is 10.1 Å². The van der Waals surface area contributed by atoms with E-state index in [2.05, 4.69) is 4.98 Å². The molecule has 3 aromatic rings. The van der Waals surface area contributed by atoms with Crippen LogP contribution in [0.4, 0.5) is 5.69 Å². The van der Waals surface area contributed by atoms with Crippen LogP contribution >= 0.6 is 0 Å². The van der Waals surface area contributed by atoms with E-state index >= 15 is 0 Å². The van der Waals surface area contributed by atoms with Gasteiger partial charge < -0.3 is 10.1 Å². The number of nitro benzene ring substituents is 1. The van der Waals surface area contributed by atoms with E-state index in [1.54, 1.807) is 6.07 Å². The summed E-state index contributed by atoms with van der Waals surface area (Å²) < 4.78 is 2.05. The monoisotopic (exact) mass is 316 g/mol. The van der Waals surface area contributed by atoms with Crippen LogP contribution in [-0.4, -0.2) is 24.1 Å². The van der Waals surface area contributed by atoms with Crippen molar-refractivity contribution < 1.29 is 10.0 Å².